The van der Waals surface area contributed by atoms with Gasteiger partial charge in [0.25, 0.3) is 0 Å². The number of hydrogen-bond donors (Lipinski definition) is 1. The molecule has 1 aromatic heterocycles. The van der Waals surface area contributed by atoms with Crippen LogP contribution in [0.3, 0.4) is 0 Å². The molecule has 0 fully saturated rings. The molecule has 0 aliphatic rings. The first-order valence-corrected chi connectivity index (χ1v) is 9.32. The number of nitrogens with one attached hydrogen (secondary N) is 1. The summed E-state index contributed by atoms with van der Waals surface area (Å²) in [4.78, 5) is 12.4. The van der Waals surface area contributed by atoms with Crippen molar-refractivity contribution < 1.29 is 9.21 Å². The Labute approximate surface area is 151 Å². The summed E-state index contributed by atoms with van der Waals surface area (Å²) >= 11 is 0. The van der Waals surface area contributed by atoms with Gasteiger partial charge in [0.05, 0.1) is 6.26 Å². The second-order valence-electron chi connectivity index (χ2n) is 7.45. The standard InChI is InChI=1S/C22H31NO2/c1-5-22(4,18-10-7-6-8-11-18)13-14-23-21(24)16-19(17(2)3)20-12-9-15-25-20/h6-12,15,17,19H,5,13-14,16H2,1-4H3,(H,23,24)/t19-,22+/m1/s1. The molecule has 0 radical (unpaired) electrons. The van der Waals surface area contributed by atoms with E-state index >= 15 is 0 Å². The molecule has 2 aromatic rings. The zero-order valence-electron chi connectivity index (χ0n) is 15.9. The fourth-order valence-corrected chi connectivity index (χ4v) is 3.28. The first kappa shape index (κ1) is 19.3. The summed E-state index contributed by atoms with van der Waals surface area (Å²) in [6.45, 7) is 9.43. The van der Waals surface area contributed by atoms with Gasteiger partial charge in [0, 0.05) is 18.9 Å². The van der Waals surface area contributed by atoms with Gasteiger partial charge in [-0.25, -0.2) is 0 Å². The predicted molar refractivity (Wildman–Crippen MR) is 103 cm³/mol. The second kappa shape index (κ2) is 8.89. The SMILES string of the molecule is CC[C@@](C)(CCNC(=O)C[C@@H](c1ccco1)C(C)C)c1ccccc1. The minimum Gasteiger partial charge on any atom is -0.469 e. The summed E-state index contributed by atoms with van der Waals surface area (Å²) in [5.41, 5.74) is 1.43. The van der Waals surface area contributed by atoms with Crippen LogP contribution in [-0.2, 0) is 10.2 Å². The van der Waals surface area contributed by atoms with Crippen LogP contribution in [0.25, 0.3) is 0 Å². The van der Waals surface area contributed by atoms with Gasteiger partial charge < -0.3 is 9.73 Å². The van der Waals surface area contributed by atoms with Crippen LogP contribution in [0.1, 0.15) is 64.2 Å². The molecule has 3 heteroatoms. The molecule has 0 saturated carbocycles. The molecular weight excluding hydrogens is 310 g/mol. The van der Waals surface area contributed by atoms with Gasteiger partial charge in [0.1, 0.15) is 5.76 Å². The molecule has 2 rings (SSSR count). The van der Waals surface area contributed by atoms with Crippen LogP contribution >= 0.6 is 0 Å². The molecule has 1 amide bonds. The van der Waals surface area contributed by atoms with Crippen molar-refractivity contribution in [2.45, 2.75) is 58.3 Å². The van der Waals surface area contributed by atoms with E-state index in [1.807, 2.05) is 18.2 Å². The van der Waals surface area contributed by atoms with Gasteiger partial charge in [-0.05, 0) is 41.9 Å². The lowest BCUT2D eigenvalue weighted by Gasteiger charge is -2.29. The Balaban J connectivity index is 1.89. The van der Waals surface area contributed by atoms with Crippen LogP contribution < -0.4 is 5.32 Å². The van der Waals surface area contributed by atoms with Crippen molar-refractivity contribution in [3.05, 3.63) is 60.1 Å². The van der Waals surface area contributed by atoms with Crippen molar-refractivity contribution in [2.75, 3.05) is 6.54 Å². The van der Waals surface area contributed by atoms with Crippen molar-refractivity contribution >= 4 is 5.91 Å². The van der Waals surface area contributed by atoms with Gasteiger partial charge in [-0.3, -0.25) is 4.79 Å². The summed E-state index contributed by atoms with van der Waals surface area (Å²) in [7, 11) is 0. The highest BCUT2D eigenvalue weighted by Gasteiger charge is 2.25. The maximum atomic E-state index is 12.4. The van der Waals surface area contributed by atoms with Crippen molar-refractivity contribution in [1.82, 2.24) is 5.32 Å². The van der Waals surface area contributed by atoms with Crippen LogP contribution in [0, 0.1) is 5.92 Å². The van der Waals surface area contributed by atoms with E-state index in [1.54, 1.807) is 6.26 Å². The highest BCUT2D eigenvalue weighted by molar-refractivity contribution is 5.76. The number of carbonyl (C=O) groups is 1. The van der Waals surface area contributed by atoms with Crippen molar-refractivity contribution in [1.29, 1.82) is 0 Å². The van der Waals surface area contributed by atoms with Crippen LogP contribution in [0.4, 0.5) is 0 Å². The fourth-order valence-electron chi connectivity index (χ4n) is 3.28. The lowest BCUT2D eigenvalue weighted by molar-refractivity contribution is -0.121. The molecule has 3 nitrogen and oxygen atoms in total. The zero-order chi connectivity index (χ0) is 18.3. The predicted octanol–water partition coefficient (Wildman–Crippen LogP) is 5.28. The first-order valence-electron chi connectivity index (χ1n) is 9.32. The third-order valence-corrected chi connectivity index (χ3v) is 5.37. The third kappa shape index (κ3) is 5.22. The Hall–Kier alpha value is -2.03. The van der Waals surface area contributed by atoms with E-state index in [-0.39, 0.29) is 17.2 Å². The second-order valence-corrected chi connectivity index (χ2v) is 7.45. The lowest BCUT2D eigenvalue weighted by Crippen LogP contribution is -2.32. The third-order valence-electron chi connectivity index (χ3n) is 5.37. The topological polar surface area (TPSA) is 42.2 Å². The van der Waals surface area contributed by atoms with Crippen LogP contribution in [0.5, 0.6) is 0 Å². The average molecular weight is 341 g/mol. The molecule has 25 heavy (non-hydrogen) atoms. The quantitative estimate of drug-likeness (QED) is 0.674. The summed E-state index contributed by atoms with van der Waals surface area (Å²) < 4.78 is 5.51. The Morgan fingerprint density at radius 1 is 1.16 bits per heavy atom. The van der Waals surface area contributed by atoms with E-state index in [1.165, 1.54) is 5.56 Å². The van der Waals surface area contributed by atoms with Gasteiger partial charge >= 0.3 is 0 Å². The molecule has 2 atom stereocenters. The van der Waals surface area contributed by atoms with Crippen molar-refractivity contribution in [3.8, 4) is 0 Å². The molecule has 0 bridgehead atoms. The normalized spacial score (nSPS) is 14.9. The molecule has 0 unspecified atom stereocenters. The van der Waals surface area contributed by atoms with Gasteiger partial charge in [-0.15, -0.1) is 0 Å². The maximum Gasteiger partial charge on any atom is 0.220 e. The molecular formula is C22H31NO2. The fraction of sp³-hybridized carbons (Fsp3) is 0.500. The van der Waals surface area contributed by atoms with Crippen LogP contribution in [0.2, 0.25) is 0 Å². The van der Waals surface area contributed by atoms with E-state index in [9.17, 15) is 4.79 Å². The van der Waals surface area contributed by atoms with E-state index < -0.39 is 0 Å². The molecule has 1 N–H and O–H groups in total. The smallest absolute Gasteiger partial charge is 0.220 e. The number of carbonyl (C=O) groups excluding carboxylic acids is 1. The Kier molecular flexibility index (Phi) is 6.86. The van der Waals surface area contributed by atoms with Crippen molar-refractivity contribution in [2.24, 2.45) is 5.92 Å². The van der Waals surface area contributed by atoms with Gasteiger partial charge in [-0.2, -0.15) is 0 Å². The van der Waals surface area contributed by atoms with Gasteiger partial charge in [0.2, 0.25) is 5.91 Å². The average Bonchev–Trinajstić information content (AvgIpc) is 3.14. The zero-order valence-corrected chi connectivity index (χ0v) is 15.9. The molecule has 0 aliphatic heterocycles. The minimum absolute atomic E-state index is 0.0903. The Bertz CT molecular complexity index is 633. The highest BCUT2D eigenvalue weighted by atomic mass is 16.3. The summed E-state index contributed by atoms with van der Waals surface area (Å²) in [5, 5.41) is 3.11. The Morgan fingerprint density at radius 2 is 1.88 bits per heavy atom. The minimum atomic E-state index is 0.0903. The molecule has 1 heterocycles. The number of furan rings is 1. The molecule has 136 valence electrons. The van der Waals surface area contributed by atoms with E-state index in [4.69, 9.17) is 4.42 Å². The van der Waals surface area contributed by atoms with Gasteiger partial charge in [-0.1, -0.05) is 58.0 Å². The number of hydrogen-bond acceptors (Lipinski definition) is 2. The molecule has 1 aromatic carbocycles. The van der Waals surface area contributed by atoms with Crippen molar-refractivity contribution in [3.63, 3.8) is 0 Å². The number of amides is 1. The summed E-state index contributed by atoms with van der Waals surface area (Å²) in [5.74, 6) is 1.48. The first-order chi connectivity index (χ1) is 12.0. The monoisotopic (exact) mass is 341 g/mol. The van der Waals surface area contributed by atoms with Crippen LogP contribution in [0.15, 0.2) is 53.1 Å². The molecule has 0 aliphatic carbocycles. The molecule has 0 spiro atoms. The maximum absolute atomic E-state index is 12.4. The number of benzene rings is 1. The number of rotatable bonds is 9. The largest absolute Gasteiger partial charge is 0.469 e. The van der Waals surface area contributed by atoms with Crippen LogP contribution in [-0.4, -0.2) is 12.5 Å². The van der Waals surface area contributed by atoms with E-state index in [2.05, 4.69) is 57.3 Å². The van der Waals surface area contributed by atoms with E-state index in [0.717, 1.165) is 18.6 Å². The molecule has 0 saturated heterocycles. The van der Waals surface area contributed by atoms with Gasteiger partial charge in [0.15, 0.2) is 0 Å². The summed E-state index contributed by atoms with van der Waals surface area (Å²) in [6.07, 6.45) is 4.13. The Morgan fingerprint density at radius 3 is 2.44 bits per heavy atom. The van der Waals surface area contributed by atoms with E-state index in [0.29, 0.717) is 18.9 Å². The highest BCUT2D eigenvalue weighted by Crippen LogP contribution is 2.31. The summed E-state index contributed by atoms with van der Waals surface area (Å²) in [6, 6.07) is 14.4. The lowest BCUT2D eigenvalue weighted by atomic mass is 9.77.